The average molecular weight is 316 g/mol. The summed E-state index contributed by atoms with van der Waals surface area (Å²) in [6.07, 6.45) is 3.15. The Balaban J connectivity index is 1.88. The van der Waals surface area contributed by atoms with Crippen molar-refractivity contribution in [2.45, 2.75) is 25.3 Å². The number of fused-ring (bicyclic) bond motifs is 1. The lowest BCUT2D eigenvalue weighted by molar-refractivity contribution is 0.592. The van der Waals surface area contributed by atoms with Crippen molar-refractivity contribution >= 4 is 40.2 Å². The van der Waals surface area contributed by atoms with Crippen LogP contribution in [0.3, 0.4) is 0 Å². The molecule has 19 heavy (non-hydrogen) atoms. The van der Waals surface area contributed by atoms with E-state index in [2.05, 4.69) is 5.32 Å². The van der Waals surface area contributed by atoms with E-state index in [4.69, 9.17) is 23.2 Å². The second-order valence-corrected chi connectivity index (χ2v) is 6.85. The van der Waals surface area contributed by atoms with Crippen molar-refractivity contribution < 1.29 is 4.39 Å². The van der Waals surface area contributed by atoms with E-state index < -0.39 is 0 Å². The first-order valence-corrected chi connectivity index (χ1v) is 7.70. The van der Waals surface area contributed by atoms with Crippen LogP contribution < -0.4 is 5.32 Å². The normalized spacial score (nSPS) is 18.2. The molecule has 1 aromatic carbocycles. The number of rotatable bonds is 2. The summed E-state index contributed by atoms with van der Waals surface area (Å²) in [4.78, 5) is 1.31. The van der Waals surface area contributed by atoms with Crippen LogP contribution in [0, 0.1) is 5.82 Å². The van der Waals surface area contributed by atoms with E-state index in [0.29, 0.717) is 10.7 Å². The summed E-state index contributed by atoms with van der Waals surface area (Å²) in [6, 6.07) is 6.82. The molecule has 100 valence electrons. The lowest BCUT2D eigenvalue weighted by Gasteiger charge is -2.24. The molecule has 0 saturated heterocycles. The van der Waals surface area contributed by atoms with E-state index in [-0.39, 0.29) is 11.9 Å². The van der Waals surface area contributed by atoms with Gasteiger partial charge in [0.25, 0.3) is 0 Å². The summed E-state index contributed by atoms with van der Waals surface area (Å²) in [5.41, 5.74) is 1.69. The Morgan fingerprint density at radius 2 is 2.11 bits per heavy atom. The molecule has 0 aliphatic heterocycles. The number of halogens is 3. The highest BCUT2D eigenvalue weighted by atomic mass is 35.5. The molecular weight excluding hydrogens is 304 g/mol. The monoisotopic (exact) mass is 315 g/mol. The van der Waals surface area contributed by atoms with Crippen LogP contribution in [0.2, 0.25) is 9.36 Å². The first-order valence-electron chi connectivity index (χ1n) is 6.13. The van der Waals surface area contributed by atoms with E-state index in [0.717, 1.165) is 23.6 Å². The Labute approximate surface area is 125 Å². The van der Waals surface area contributed by atoms with Crippen LogP contribution in [0.5, 0.6) is 0 Å². The van der Waals surface area contributed by atoms with Crippen molar-refractivity contribution in [2.75, 3.05) is 5.32 Å². The van der Waals surface area contributed by atoms with Crippen molar-refractivity contribution in [1.82, 2.24) is 0 Å². The maximum atomic E-state index is 13.8. The van der Waals surface area contributed by atoms with Crippen molar-refractivity contribution in [3.63, 3.8) is 0 Å². The van der Waals surface area contributed by atoms with Gasteiger partial charge in [-0.2, -0.15) is 0 Å². The zero-order valence-corrected chi connectivity index (χ0v) is 12.4. The lowest BCUT2D eigenvalue weighted by atomic mass is 9.94. The molecule has 3 rings (SSSR count). The number of benzene rings is 1. The van der Waals surface area contributed by atoms with Gasteiger partial charge in [0.05, 0.1) is 16.1 Å². The molecule has 1 nitrogen and oxygen atoms in total. The van der Waals surface area contributed by atoms with Crippen LogP contribution in [0.15, 0.2) is 24.3 Å². The van der Waals surface area contributed by atoms with Gasteiger partial charge in [-0.15, -0.1) is 11.3 Å². The molecule has 1 unspecified atom stereocenters. The molecule has 0 amide bonds. The Morgan fingerprint density at radius 3 is 2.89 bits per heavy atom. The smallest absolute Gasteiger partial charge is 0.147 e. The van der Waals surface area contributed by atoms with E-state index in [1.165, 1.54) is 16.5 Å². The van der Waals surface area contributed by atoms with E-state index >= 15 is 0 Å². The predicted octanol–water partition coefficient (Wildman–Crippen LogP) is 5.68. The van der Waals surface area contributed by atoms with E-state index in [9.17, 15) is 4.39 Å². The van der Waals surface area contributed by atoms with Crippen LogP contribution in [0.4, 0.5) is 10.1 Å². The Morgan fingerprint density at radius 1 is 1.26 bits per heavy atom. The van der Waals surface area contributed by atoms with Crippen molar-refractivity contribution in [3.8, 4) is 0 Å². The number of hydrogen-bond donors (Lipinski definition) is 1. The van der Waals surface area contributed by atoms with Gasteiger partial charge in [0, 0.05) is 9.90 Å². The fourth-order valence-corrected chi connectivity index (χ4v) is 4.01. The minimum absolute atomic E-state index is 0.128. The third-order valence-electron chi connectivity index (χ3n) is 3.34. The van der Waals surface area contributed by atoms with Crippen LogP contribution >= 0.6 is 34.5 Å². The second kappa shape index (κ2) is 5.31. The van der Waals surface area contributed by atoms with Crippen LogP contribution in [-0.2, 0) is 6.42 Å². The highest BCUT2D eigenvalue weighted by molar-refractivity contribution is 7.16. The average Bonchev–Trinajstić information content (AvgIpc) is 2.74. The molecule has 1 aliphatic carbocycles. The van der Waals surface area contributed by atoms with Crippen molar-refractivity contribution in [2.24, 2.45) is 0 Å². The van der Waals surface area contributed by atoms with Gasteiger partial charge in [-0.3, -0.25) is 0 Å². The Bertz CT molecular complexity index is 611. The topological polar surface area (TPSA) is 12.0 Å². The Hall–Kier alpha value is -0.770. The first kappa shape index (κ1) is 13.2. The molecule has 1 atom stereocenters. The minimum Gasteiger partial charge on any atom is -0.376 e. The molecule has 1 N–H and O–H groups in total. The quantitative estimate of drug-likeness (QED) is 0.751. The lowest BCUT2D eigenvalue weighted by Crippen LogP contribution is -2.16. The SMILES string of the molecule is Fc1cc(Cl)ccc1NC1CCCc2sc(Cl)cc21. The Kier molecular flexibility index (Phi) is 3.70. The van der Waals surface area contributed by atoms with Crippen LogP contribution in [0.25, 0.3) is 0 Å². The van der Waals surface area contributed by atoms with Gasteiger partial charge in [-0.25, -0.2) is 4.39 Å². The number of anilines is 1. The molecule has 1 aromatic heterocycles. The summed E-state index contributed by atoms with van der Waals surface area (Å²) in [6.45, 7) is 0. The summed E-state index contributed by atoms with van der Waals surface area (Å²) in [5, 5.41) is 3.67. The molecule has 0 fully saturated rings. The summed E-state index contributed by atoms with van der Waals surface area (Å²) in [7, 11) is 0. The fourth-order valence-electron chi connectivity index (χ4n) is 2.47. The number of aryl methyl sites for hydroxylation is 1. The number of thiophene rings is 1. The molecule has 0 spiro atoms. The molecule has 0 saturated carbocycles. The molecule has 0 radical (unpaired) electrons. The summed E-state index contributed by atoms with van der Waals surface area (Å²) < 4.78 is 14.6. The predicted molar refractivity (Wildman–Crippen MR) is 80.0 cm³/mol. The maximum Gasteiger partial charge on any atom is 0.147 e. The molecule has 1 heterocycles. The largest absolute Gasteiger partial charge is 0.376 e. The van der Waals surface area contributed by atoms with Gasteiger partial charge in [0.1, 0.15) is 5.82 Å². The summed E-state index contributed by atoms with van der Waals surface area (Å²) >= 11 is 13.5. The van der Waals surface area contributed by atoms with Gasteiger partial charge in [0.2, 0.25) is 0 Å². The van der Waals surface area contributed by atoms with E-state index in [1.807, 2.05) is 6.07 Å². The molecule has 5 heteroatoms. The number of nitrogens with one attached hydrogen (secondary N) is 1. The highest BCUT2D eigenvalue weighted by Crippen LogP contribution is 2.39. The van der Waals surface area contributed by atoms with Crippen molar-refractivity contribution in [1.29, 1.82) is 0 Å². The van der Waals surface area contributed by atoms with Gasteiger partial charge in [-0.05, 0) is 49.1 Å². The molecule has 1 aliphatic rings. The number of hydrogen-bond acceptors (Lipinski definition) is 2. The van der Waals surface area contributed by atoms with Crippen LogP contribution in [0.1, 0.15) is 29.3 Å². The summed E-state index contributed by atoms with van der Waals surface area (Å²) in [5.74, 6) is -0.319. The maximum absolute atomic E-state index is 13.8. The molecule has 2 aromatic rings. The van der Waals surface area contributed by atoms with Crippen molar-refractivity contribution in [3.05, 3.63) is 49.9 Å². The molecule has 0 bridgehead atoms. The van der Waals surface area contributed by atoms with Gasteiger partial charge < -0.3 is 5.32 Å². The third-order valence-corrected chi connectivity index (χ3v) is 4.92. The van der Waals surface area contributed by atoms with Gasteiger partial charge in [0.15, 0.2) is 0 Å². The fraction of sp³-hybridized carbons (Fsp3) is 0.286. The highest BCUT2D eigenvalue weighted by Gasteiger charge is 2.23. The standard InChI is InChI=1S/C14H12Cl2FNS/c15-8-4-5-12(10(17)6-8)18-11-2-1-3-13-9(11)7-14(16)19-13/h4-7,11,18H,1-3H2. The zero-order chi connectivity index (χ0) is 13.4. The van der Waals surface area contributed by atoms with Crippen LogP contribution in [-0.4, -0.2) is 0 Å². The first-order chi connectivity index (χ1) is 9.13. The zero-order valence-electron chi connectivity index (χ0n) is 10.1. The van der Waals surface area contributed by atoms with Gasteiger partial charge >= 0.3 is 0 Å². The second-order valence-electron chi connectivity index (χ2n) is 4.64. The third kappa shape index (κ3) is 2.73. The molecular formula is C14H12Cl2FNS. The van der Waals surface area contributed by atoms with E-state index in [1.54, 1.807) is 23.5 Å². The minimum atomic E-state index is -0.319. The van der Waals surface area contributed by atoms with Gasteiger partial charge in [-0.1, -0.05) is 23.2 Å².